The fourth-order valence-corrected chi connectivity index (χ4v) is 3.68. The van der Waals surface area contributed by atoms with E-state index in [1.165, 1.54) is 16.3 Å². The summed E-state index contributed by atoms with van der Waals surface area (Å²) in [7, 11) is 0. The molecule has 0 aliphatic carbocycles. The number of fused-ring (bicyclic) bond motifs is 1. The Hall–Kier alpha value is -2.72. The first kappa shape index (κ1) is 16.7. The summed E-state index contributed by atoms with van der Waals surface area (Å²) in [5.41, 5.74) is 1.95. The lowest BCUT2D eigenvalue weighted by atomic mass is 10.0. The Bertz CT molecular complexity index is 894. The van der Waals surface area contributed by atoms with Gasteiger partial charge in [-0.3, -0.25) is 14.7 Å². The minimum absolute atomic E-state index is 0.0318. The van der Waals surface area contributed by atoms with E-state index in [2.05, 4.69) is 57.7 Å². The molecule has 4 heteroatoms. The van der Waals surface area contributed by atoms with Crippen molar-refractivity contribution in [3.8, 4) is 0 Å². The zero-order valence-corrected chi connectivity index (χ0v) is 14.8. The van der Waals surface area contributed by atoms with Crippen molar-refractivity contribution in [1.29, 1.82) is 0 Å². The maximum absolute atomic E-state index is 12.4. The van der Waals surface area contributed by atoms with Gasteiger partial charge in [0.2, 0.25) is 0 Å². The normalized spacial score (nSPS) is 17.9. The van der Waals surface area contributed by atoms with Gasteiger partial charge in [0.1, 0.15) is 0 Å². The number of piperidine rings is 1. The van der Waals surface area contributed by atoms with E-state index in [4.69, 9.17) is 0 Å². The van der Waals surface area contributed by atoms with Gasteiger partial charge in [-0.05, 0) is 53.9 Å². The van der Waals surface area contributed by atoms with Gasteiger partial charge in [-0.15, -0.1) is 0 Å². The molecule has 132 valence electrons. The Kier molecular flexibility index (Phi) is 4.93. The number of likely N-dealkylation sites (tertiary alicyclic amines) is 1. The number of nitrogens with one attached hydrogen (secondary N) is 1. The molecule has 0 bridgehead atoms. The summed E-state index contributed by atoms with van der Waals surface area (Å²) in [6.07, 6.45) is 5.43. The lowest BCUT2D eigenvalue weighted by Crippen LogP contribution is -2.47. The molecule has 4 rings (SSSR count). The maximum Gasteiger partial charge on any atom is 0.253 e. The number of carbonyl (C=O) groups excluding carboxylic acids is 1. The van der Waals surface area contributed by atoms with Gasteiger partial charge in [-0.2, -0.15) is 0 Å². The van der Waals surface area contributed by atoms with Crippen molar-refractivity contribution in [2.45, 2.75) is 25.4 Å². The van der Waals surface area contributed by atoms with Crippen molar-refractivity contribution < 1.29 is 4.79 Å². The highest BCUT2D eigenvalue weighted by Gasteiger charge is 2.22. The fraction of sp³-hybridized carbons (Fsp3) is 0.273. The van der Waals surface area contributed by atoms with Crippen LogP contribution in [0.4, 0.5) is 0 Å². The first-order valence-corrected chi connectivity index (χ1v) is 9.19. The Morgan fingerprint density at radius 3 is 2.85 bits per heavy atom. The van der Waals surface area contributed by atoms with Crippen LogP contribution in [0.2, 0.25) is 0 Å². The number of nitrogens with zero attached hydrogens (tertiary/aromatic N) is 2. The van der Waals surface area contributed by atoms with Crippen LogP contribution in [-0.4, -0.2) is 34.9 Å². The van der Waals surface area contributed by atoms with E-state index < -0.39 is 0 Å². The van der Waals surface area contributed by atoms with Crippen LogP contribution >= 0.6 is 0 Å². The van der Waals surface area contributed by atoms with Crippen molar-refractivity contribution >= 4 is 16.7 Å². The first-order valence-electron chi connectivity index (χ1n) is 9.19. The van der Waals surface area contributed by atoms with Gasteiger partial charge in [0, 0.05) is 31.5 Å². The number of amides is 1. The average Bonchev–Trinajstić information content (AvgIpc) is 2.69. The third-order valence-corrected chi connectivity index (χ3v) is 4.98. The predicted molar refractivity (Wildman–Crippen MR) is 104 cm³/mol. The Labute approximate surface area is 153 Å². The summed E-state index contributed by atoms with van der Waals surface area (Å²) >= 11 is 0. The zero-order valence-electron chi connectivity index (χ0n) is 14.8. The number of aromatic nitrogens is 1. The van der Waals surface area contributed by atoms with Crippen LogP contribution < -0.4 is 5.32 Å². The number of rotatable bonds is 4. The monoisotopic (exact) mass is 345 g/mol. The third kappa shape index (κ3) is 3.92. The predicted octanol–water partition coefficient (Wildman–Crippen LogP) is 3.63. The van der Waals surface area contributed by atoms with Crippen molar-refractivity contribution in [3.05, 3.63) is 78.1 Å². The lowest BCUT2D eigenvalue weighted by Gasteiger charge is -2.33. The molecule has 1 unspecified atom stereocenters. The zero-order chi connectivity index (χ0) is 17.8. The first-order chi connectivity index (χ1) is 12.8. The van der Waals surface area contributed by atoms with Gasteiger partial charge in [-0.1, -0.05) is 36.4 Å². The molecule has 26 heavy (non-hydrogen) atoms. The lowest BCUT2D eigenvalue weighted by molar-refractivity contribution is 0.0900. The van der Waals surface area contributed by atoms with Crippen LogP contribution in [0.5, 0.6) is 0 Å². The highest BCUT2D eigenvalue weighted by molar-refractivity contribution is 5.94. The molecule has 3 aromatic rings. The molecule has 1 saturated heterocycles. The van der Waals surface area contributed by atoms with E-state index in [0.717, 1.165) is 32.5 Å². The molecule has 1 atom stereocenters. The Morgan fingerprint density at radius 2 is 2.00 bits per heavy atom. The van der Waals surface area contributed by atoms with E-state index in [1.807, 2.05) is 0 Å². The van der Waals surface area contributed by atoms with Gasteiger partial charge in [-0.25, -0.2) is 0 Å². The van der Waals surface area contributed by atoms with E-state index in [-0.39, 0.29) is 11.9 Å². The largest absolute Gasteiger partial charge is 0.348 e. The topological polar surface area (TPSA) is 45.2 Å². The summed E-state index contributed by atoms with van der Waals surface area (Å²) in [5, 5.41) is 5.72. The molecule has 1 N–H and O–H groups in total. The molecule has 0 saturated carbocycles. The van der Waals surface area contributed by atoms with E-state index in [1.54, 1.807) is 24.5 Å². The van der Waals surface area contributed by atoms with Crippen LogP contribution in [0, 0.1) is 0 Å². The van der Waals surface area contributed by atoms with Crippen molar-refractivity contribution in [2.24, 2.45) is 0 Å². The number of carbonyl (C=O) groups is 1. The quantitative estimate of drug-likeness (QED) is 0.785. The van der Waals surface area contributed by atoms with Gasteiger partial charge in [0.05, 0.1) is 5.56 Å². The second kappa shape index (κ2) is 7.67. The van der Waals surface area contributed by atoms with E-state index in [9.17, 15) is 4.79 Å². The standard InChI is InChI=1S/C22H23N3O/c26-22(20-7-3-11-23-14-20)24-21-8-4-12-25(16-21)15-17-9-10-18-5-1-2-6-19(18)13-17/h1-3,5-7,9-11,13-14,21H,4,8,12,15-16H2,(H,24,26). The molecule has 2 aromatic carbocycles. The highest BCUT2D eigenvalue weighted by Crippen LogP contribution is 2.19. The molecule has 1 amide bonds. The van der Waals surface area contributed by atoms with Gasteiger partial charge >= 0.3 is 0 Å². The molecular weight excluding hydrogens is 322 g/mol. The maximum atomic E-state index is 12.4. The fourth-order valence-electron chi connectivity index (χ4n) is 3.68. The minimum atomic E-state index is -0.0318. The molecule has 4 nitrogen and oxygen atoms in total. The summed E-state index contributed by atoms with van der Waals surface area (Å²) in [6, 6.07) is 18.9. The second-order valence-corrected chi connectivity index (χ2v) is 6.97. The van der Waals surface area contributed by atoms with Crippen LogP contribution in [0.25, 0.3) is 10.8 Å². The molecule has 0 radical (unpaired) electrons. The third-order valence-electron chi connectivity index (χ3n) is 4.98. The number of hydrogen-bond donors (Lipinski definition) is 1. The van der Waals surface area contributed by atoms with E-state index >= 15 is 0 Å². The molecule has 1 aromatic heterocycles. The number of benzene rings is 2. The van der Waals surface area contributed by atoms with Crippen molar-refractivity contribution in [2.75, 3.05) is 13.1 Å². The average molecular weight is 345 g/mol. The number of pyridine rings is 1. The molecule has 1 fully saturated rings. The Morgan fingerprint density at radius 1 is 1.12 bits per heavy atom. The minimum Gasteiger partial charge on any atom is -0.348 e. The highest BCUT2D eigenvalue weighted by atomic mass is 16.1. The van der Waals surface area contributed by atoms with Gasteiger partial charge in [0.15, 0.2) is 0 Å². The summed E-state index contributed by atoms with van der Waals surface area (Å²) in [5.74, 6) is -0.0318. The molecule has 2 heterocycles. The van der Waals surface area contributed by atoms with Crippen LogP contribution in [0.1, 0.15) is 28.8 Å². The van der Waals surface area contributed by atoms with Gasteiger partial charge in [0.25, 0.3) is 5.91 Å². The molecule has 0 spiro atoms. The summed E-state index contributed by atoms with van der Waals surface area (Å²) in [6.45, 7) is 2.88. The molecular formula is C22H23N3O. The SMILES string of the molecule is O=C(NC1CCCN(Cc2ccc3ccccc3c2)C1)c1cccnc1. The van der Waals surface area contributed by atoms with Crippen molar-refractivity contribution in [3.63, 3.8) is 0 Å². The second-order valence-electron chi connectivity index (χ2n) is 6.97. The van der Waals surface area contributed by atoms with Crippen LogP contribution in [-0.2, 0) is 6.54 Å². The van der Waals surface area contributed by atoms with E-state index in [0.29, 0.717) is 5.56 Å². The van der Waals surface area contributed by atoms with Crippen LogP contribution in [0.3, 0.4) is 0 Å². The van der Waals surface area contributed by atoms with Gasteiger partial charge < -0.3 is 5.32 Å². The van der Waals surface area contributed by atoms with Crippen LogP contribution in [0.15, 0.2) is 67.0 Å². The summed E-state index contributed by atoms with van der Waals surface area (Å²) < 4.78 is 0. The molecule has 1 aliphatic heterocycles. The Balaban J connectivity index is 1.39. The molecule has 1 aliphatic rings. The summed E-state index contributed by atoms with van der Waals surface area (Å²) in [4.78, 5) is 18.8. The number of hydrogen-bond acceptors (Lipinski definition) is 3. The van der Waals surface area contributed by atoms with Crippen molar-refractivity contribution in [1.82, 2.24) is 15.2 Å². The smallest absolute Gasteiger partial charge is 0.253 e.